The highest BCUT2D eigenvalue weighted by molar-refractivity contribution is 6.13. The smallest absolute Gasteiger partial charge is 0.253 e. The number of aromatic hydroxyl groups is 1. The molecule has 2 heterocycles. The fourth-order valence-electron chi connectivity index (χ4n) is 6.04. The Kier molecular flexibility index (Phi) is 10.4. The molecule has 0 atom stereocenters. The van der Waals surface area contributed by atoms with Crippen LogP contribution in [-0.2, 0) is 6.54 Å². The highest BCUT2D eigenvalue weighted by Gasteiger charge is 2.29. The molecule has 2 N–H and O–H groups in total. The van der Waals surface area contributed by atoms with E-state index in [2.05, 4.69) is 52.9 Å². The number of ketones is 1. The number of likely N-dealkylation sites (tertiary alicyclic amines) is 1. The van der Waals surface area contributed by atoms with Gasteiger partial charge in [-0.2, -0.15) is 0 Å². The minimum absolute atomic E-state index is 0.0240. The van der Waals surface area contributed by atoms with Crippen molar-refractivity contribution in [3.8, 4) is 11.4 Å². The van der Waals surface area contributed by atoms with Gasteiger partial charge in [0.15, 0.2) is 5.78 Å². The number of hydrogen-bond donors (Lipinski definition) is 2. The highest BCUT2D eigenvalue weighted by atomic mass is 16.3. The number of rotatable bonds is 13. The van der Waals surface area contributed by atoms with Gasteiger partial charge in [-0.1, -0.05) is 70.1 Å². The Morgan fingerprint density at radius 1 is 0.925 bits per heavy atom. The van der Waals surface area contributed by atoms with Gasteiger partial charge < -0.3 is 15.0 Å². The van der Waals surface area contributed by atoms with Crippen LogP contribution < -0.4 is 5.32 Å². The summed E-state index contributed by atoms with van der Waals surface area (Å²) in [6.45, 7) is 11.1. The predicted molar refractivity (Wildman–Crippen MR) is 164 cm³/mol. The minimum atomic E-state index is -0.115. The Morgan fingerprint density at radius 3 is 2.27 bits per heavy atom. The van der Waals surface area contributed by atoms with E-state index in [1.165, 1.54) is 32.1 Å². The van der Waals surface area contributed by atoms with Crippen LogP contribution in [0.1, 0.15) is 116 Å². The van der Waals surface area contributed by atoms with Crippen molar-refractivity contribution in [2.75, 3.05) is 19.6 Å². The molecular weight excluding hydrogens is 498 g/mol. The third kappa shape index (κ3) is 6.60. The van der Waals surface area contributed by atoms with E-state index in [9.17, 15) is 14.7 Å². The summed E-state index contributed by atoms with van der Waals surface area (Å²) in [6, 6.07) is 10.0. The number of piperidine rings is 1. The van der Waals surface area contributed by atoms with E-state index in [1.54, 1.807) is 6.07 Å². The topological polar surface area (TPSA) is 74.6 Å². The zero-order chi connectivity index (χ0) is 28.6. The van der Waals surface area contributed by atoms with Crippen molar-refractivity contribution < 1.29 is 14.7 Å². The van der Waals surface area contributed by atoms with Crippen LogP contribution in [0.2, 0.25) is 0 Å². The van der Waals surface area contributed by atoms with Gasteiger partial charge in [-0.05, 0) is 64.4 Å². The van der Waals surface area contributed by atoms with Gasteiger partial charge in [0.25, 0.3) is 5.91 Å². The van der Waals surface area contributed by atoms with E-state index in [1.807, 2.05) is 13.8 Å². The molecule has 216 valence electrons. The molecule has 6 heteroatoms. The lowest BCUT2D eigenvalue weighted by Gasteiger charge is -2.27. The lowest BCUT2D eigenvalue weighted by Crippen LogP contribution is -2.29. The van der Waals surface area contributed by atoms with Crippen LogP contribution in [0.25, 0.3) is 16.6 Å². The van der Waals surface area contributed by atoms with Crippen LogP contribution in [0.15, 0.2) is 30.3 Å². The maximum atomic E-state index is 13.9. The number of carbonyl (C=O) groups is 2. The maximum Gasteiger partial charge on any atom is 0.253 e. The fourth-order valence-corrected chi connectivity index (χ4v) is 6.04. The predicted octanol–water partition coefficient (Wildman–Crippen LogP) is 7.62. The SMILES string of the molecule is CCCCCCCCNC(=O)c1c(C)n(-c2ccc(C)cc2)c2cc(C(=O)CC)c(O)c(CN3CCCCC3)c12. The molecule has 1 amide bonds. The van der Waals surface area contributed by atoms with Crippen molar-refractivity contribution in [1.82, 2.24) is 14.8 Å². The average Bonchev–Trinajstić information content (AvgIpc) is 3.25. The molecule has 40 heavy (non-hydrogen) atoms. The second kappa shape index (κ2) is 14.0. The summed E-state index contributed by atoms with van der Waals surface area (Å²) in [6.07, 6.45) is 10.7. The van der Waals surface area contributed by atoms with Crippen molar-refractivity contribution in [3.05, 3.63) is 58.3 Å². The van der Waals surface area contributed by atoms with Crippen molar-refractivity contribution in [3.63, 3.8) is 0 Å². The summed E-state index contributed by atoms with van der Waals surface area (Å²) in [5.74, 6) is -0.186. The number of Topliss-reactive ketones (excluding diaryl/α,β-unsaturated/α-hetero) is 1. The first-order chi connectivity index (χ1) is 19.4. The van der Waals surface area contributed by atoms with E-state index in [-0.39, 0.29) is 17.4 Å². The molecule has 0 spiro atoms. The Hall–Kier alpha value is -3.12. The molecule has 0 unspecified atom stereocenters. The molecule has 1 fully saturated rings. The molecule has 0 bridgehead atoms. The van der Waals surface area contributed by atoms with Gasteiger partial charge in [-0.3, -0.25) is 14.5 Å². The van der Waals surface area contributed by atoms with Crippen LogP contribution in [0.5, 0.6) is 5.75 Å². The summed E-state index contributed by atoms with van der Waals surface area (Å²) < 4.78 is 2.08. The molecular formula is C34H47N3O3. The molecule has 6 nitrogen and oxygen atoms in total. The number of carbonyl (C=O) groups excluding carboxylic acids is 2. The molecule has 0 saturated carbocycles. The van der Waals surface area contributed by atoms with Gasteiger partial charge in [0.05, 0.1) is 16.6 Å². The number of phenolic OH excluding ortho intramolecular Hbond substituents is 1. The number of benzene rings is 2. The van der Waals surface area contributed by atoms with Crippen LogP contribution in [0, 0.1) is 13.8 Å². The van der Waals surface area contributed by atoms with E-state index in [0.29, 0.717) is 36.2 Å². The second-order valence-electron chi connectivity index (χ2n) is 11.4. The van der Waals surface area contributed by atoms with Crippen LogP contribution >= 0.6 is 0 Å². The summed E-state index contributed by atoms with van der Waals surface area (Å²) in [4.78, 5) is 29.2. The van der Waals surface area contributed by atoms with E-state index < -0.39 is 0 Å². The van der Waals surface area contributed by atoms with Crippen LogP contribution in [0.4, 0.5) is 0 Å². The minimum Gasteiger partial charge on any atom is -0.507 e. The van der Waals surface area contributed by atoms with Gasteiger partial charge >= 0.3 is 0 Å². The third-order valence-electron chi connectivity index (χ3n) is 8.36. The number of nitrogens with one attached hydrogen (secondary N) is 1. The second-order valence-corrected chi connectivity index (χ2v) is 11.4. The van der Waals surface area contributed by atoms with Crippen LogP contribution in [0.3, 0.4) is 0 Å². The number of nitrogens with zero attached hydrogens (tertiary/aromatic N) is 2. The van der Waals surface area contributed by atoms with Crippen molar-refractivity contribution >= 4 is 22.6 Å². The van der Waals surface area contributed by atoms with Crippen LogP contribution in [-0.4, -0.2) is 45.9 Å². The first kappa shape index (κ1) is 29.9. The fraction of sp³-hybridized carbons (Fsp3) is 0.529. The van der Waals surface area contributed by atoms with Gasteiger partial charge in [-0.25, -0.2) is 0 Å². The van der Waals surface area contributed by atoms with Crippen molar-refractivity contribution in [2.24, 2.45) is 0 Å². The first-order valence-corrected chi connectivity index (χ1v) is 15.4. The first-order valence-electron chi connectivity index (χ1n) is 15.4. The largest absolute Gasteiger partial charge is 0.507 e. The molecule has 1 aromatic heterocycles. The highest BCUT2D eigenvalue weighted by Crippen LogP contribution is 2.40. The van der Waals surface area contributed by atoms with E-state index >= 15 is 0 Å². The number of aromatic nitrogens is 1. The average molecular weight is 546 g/mol. The number of hydrogen-bond acceptors (Lipinski definition) is 4. The Labute approximate surface area is 239 Å². The lowest BCUT2D eigenvalue weighted by atomic mass is 9.96. The number of unbranched alkanes of at least 4 members (excludes halogenated alkanes) is 5. The van der Waals surface area contributed by atoms with Gasteiger partial charge in [-0.15, -0.1) is 0 Å². The molecule has 1 aliphatic heterocycles. The molecule has 0 radical (unpaired) electrons. The van der Waals surface area contributed by atoms with Crippen molar-refractivity contribution in [1.29, 1.82) is 0 Å². The monoisotopic (exact) mass is 545 g/mol. The molecule has 1 aliphatic rings. The summed E-state index contributed by atoms with van der Waals surface area (Å²) in [5.41, 5.74) is 5.33. The Balaban J connectivity index is 1.83. The van der Waals surface area contributed by atoms with E-state index in [0.717, 1.165) is 66.6 Å². The number of aryl methyl sites for hydroxylation is 1. The zero-order valence-electron chi connectivity index (χ0n) is 24.9. The van der Waals surface area contributed by atoms with Gasteiger partial charge in [0, 0.05) is 41.8 Å². The number of phenols is 1. The summed E-state index contributed by atoms with van der Waals surface area (Å²) in [5, 5.41) is 15.5. The summed E-state index contributed by atoms with van der Waals surface area (Å²) >= 11 is 0. The molecule has 1 saturated heterocycles. The molecule has 4 rings (SSSR count). The van der Waals surface area contributed by atoms with Gasteiger partial charge in [0.2, 0.25) is 0 Å². The third-order valence-corrected chi connectivity index (χ3v) is 8.36. The standard InChI is InChI=1S/C34H47N3O3/c1-5-7-8-9-10-12-19-35-34(40)31-25(4)37(26-17-15-24(3)16-18-26)29-22-27(30(38)6-2)33(39)28(32(29)31)23-36-20-13-11-14-21-36/h15-18,22,39H,5-14,19-21,23H2,1-4H3,(H,35,40). The molecule has 3 aromatic rings. The number of amides is 1. The molecule has 0 aliphatic carbocycles. The van der Waals surface area contributed by atoms with Crippen molar-refractivity contribution in [2.45, 2.75) is 98.4 Å². The summed E-state index contributed by atoms with van der Waals surface area (Å²) in [7, 11) is 0. The number of fused-ring (bicyclic) bond motifs is 1. The zero-order valence-corrected chi connectivity index (χ0v) is 24.9. The van der Waals surface area contributed by atoms with E-state index in [4.69, 9.17) is 0 Å². The maximum absolute atomic E-state index is 13.9. The molecule has 2 aromatic carbocycles. The van der Waals surface area contributed by atoms with Gasteiger partial charge in [0.1, 0.15) is 5.75 Å². The normalized spacial score (nSPS) is 14.1. The quantitative estimate of drug-likeness (QED) is 0.171. The Bertz CT molecular complexity index is 1320. The Morgan fingerprint density at radius 2 is 1.60 bits per heavy atom. The lowest BCUT2D eigenvalue weighted by molar-refractivity contribution is 0.0952.